The third-order valence-corrected chi connectivity index (χ3v) is 9.25. The first kappa shape index (κ1) is 25.3. The summed E-state index contributed by atoms with van der Waals surface area (Å²) in [5.74, 6) is 0.843. The van der Waals surface area contributed by atoms with Crippen LogP contribution in [0.5, 0.6) is 5.75 Å². The number of carbonyl (C=O) groups excluding carboxylic acids is 1. The van der Waals surface area contributed by atoms with E-state index in [0.29, 0.717) is 13.1 Å². The van der Waals surface area contributed by atoms with Gasteiger partial charge in [0.1, 0.15) is 5.75 Å². The smallest absolute Gasteiger partial charge is 0.322 e. The number of carbonyl (C=O) groups is 1. The number of anilines is 1. The Hall–Kier alpha value is -3.36. The molecule has 1 saturated carbocycles. The van der Waals surface area contributed by atoms with Crippen LogP contribution in [0, 0.1) is 6.92 Å². The fraction of sp³-hybridized carbons (Fsp3) is 0.345. The first-order valence-electron chi connectivity index (χ1n) is 12.6. The first-order chi connectivity index (χ1) is 17.8. The summed E-state index contributed by atoms with van der Waals surface area (Å²) < 4.78 is 31.6. The van der Waals surface area contributed by atoms with Crippen molar-refractivity contribution in [1.82, 2.24) is 10.0 Å². The maximum Gasteiger partial charge on any atom is 0.322 e. The van der Waals surface area contributed by atoms with Crippen molar-refractivity contribution in [3.05, 3.63) is 77.4 Å². The van der Waals surface area contributed by atoms with Gasteiger partial charge < -0.3 is 10.1 Å². The molecule has 5 rings (SSSR count). The van der Waals surface area contributed by atoms with Crippen molar-refractivity contribution in [2.45, 2.75) is 49.5 Å². The highest BCUT2D eigenvalue weighted by molar-refractivity contribution is 7.89. The van der Waals surface area contributed by atoms with Gasteiger partial charge in [-0.1, -0.05) is 37.1 Å². The summed E-state index contributed by atoms with van der Waals surface area (Å²) >= 11 is 0. The number of sulfonamides is 1. The fourth-order valence-corrected chi connectivity index (χ4v) is 6.49. The van der Waals surface area contributed by atoms with E-state index in [0.717, 1.165) is 41.0 Å². The van der Waals surface area contributed by atoms with Crippen LogP contribution in [0.1, 0.15) is 42.4 Å². The van der Waals surface area contributed by atoms with Gasteiger partial charge in [0.05, 0.1) is 12.0 Å². The molecule has 8 heteroatoms. The Bertz CT molecular complexity index is 1430. The van der Waals surface area contributed by atoms with E-state index in [1.165, 1.54) is 31.0 Å². The Labute approximate surface area is 218 Å². The third kappa shape index (κ3) is 4.71. The van der Waals surface area contributed by atoms with Crippen molar-refractivity contribution >= 4 is 21.7 Å². The van der Waals surface area contributed by atoms with Crippen molar-refractivity contribution in [3.8, 4) is 16.9 Å². The van der Waals surface area contributed by atoms with Crippen molar-refractivity contribution < 1.29 is 17.9 Å². The molecule has 0 bridgehead atoms. The number of hydrogen-bond donors (Lipinski definition) is 2. The van der Waals surface area contributed by atoms with Crippen LogP contribution in [0.4, 0.5) is 10.5 Å². The largest absolute Gasteiger partial charge is 0.497 e. The Morgan fingerprint density at radius 1 is 1.03 bits per heavy atom. The van der Waals surface area contributed by atoms with E-state index in [9.17, 15) is 13.2 Å². The maximum atomic E-state index is 13.4. The van der Waals surface area contributed by atoms with Crippen LogP contribution < -0.4 is 19.7 Å². The predicted molar refractivity (Wildman–Crippen MR) is 146 cm³/mol. The molecule has 3 aromatic rings. The molecule has 194 valence electrons. The molecule has 1 aliphatic heterocycles. The van der Waals surface area contributed by atoms with Gasteiger partial charge in [-0.2, -0.15) is 0 Å². The molecule has 37 heavy (non-hydrogen) atoms. The molecule has 1 fully saturated rings. The van der Waals surface area contributed by atoms with E-state index in [4.69, 9.17) is 4.74 Å². The van der Waals surface area contributed by atoms with Crippen LogP contribution in [0.2, 0.25) is 0 Å². The van der Waals surface area contributed by atoms with E-state index < -0.39 is 10.0 Å². The van der Waals surface area contributed by atoms with Gasteiger partial charge in [0.15, 0.2) is 0 Å². The Balaban J connectivity index is 1.38. The average molecular weight is 520 g/mol. The lowest BCUT2D eigenvalue weighted by molar-refractivity contribution is 0.245. The molecule has 2 N–H and O–H groups in total. The zero-order valence-electron chi connectivity index (χ0n) is 21.5. The zero-order chi connectivity index (χ0) is 26.2. The lowest BCUT2D eigenvalue weighted by Gasteiger charge is -2.25. The molecule has 0 aromatic heterocycles. The molecule has 1 heterocycles. The summed E-state index contributed by atoms with van der Waals surface area (Å²) in [6.07, 6.45) is 4.50. The number of nitrogens with one attached hydrogen (secondary N) is 2. The van der Waals surface area contributed by atoms with Gasteiger partial charge in [-0.05, 0) is 91.0 Å². The number of urea groups is 1. The molecule has 2 aliphatic rings. The van der Waals surface area contributed by atoms with Gasteiger partial charge in [0.25, 0.3) is 0 Å². The maximum absolute atomic E-state index is 13.4. The molecule has 7 nitrogen and oxygen atoms in total. The van der Waals surface area contributed by atoms with E-state index in [-0.39, 0.29) is 16.3 Å². The number of amides is 2. The predicted octanol–water partition coefficient (Wildman–Crippen LogP) is 5.12. The SMILES string of the molecule is CNS(=O)(=O)c1ccc(CNC(=O)N2CC3(CCCC3)c3cc(-c4ccc(OC)cc4C)ccc32)cc1. The van der Waals surface area contributed by atoms with Crippen molar-refractivity contribution in [2.75, 3.05) is 25.6 Å². The fourth-order valence-electron chi connectivity index (χ4n) is 5.76. The summed E-state index contributed by atoms with van der Waals surface area (Å²) in [7, 11) is -0.426. The topological polar surface area (TPSA) is 87.7 Å². The van der Waals surface area contributed by atoms with Crippen LogP contribution in [0.15, 0.2) is 65.6 Å². The second kappa shape index (κ2) is 9.84. The molecule has 0 saturated heterocycles. The number of benzene rings is 3. The van der Waals surface area contributed by atoms with E-state index >= 15 is 0 Å². The number of rotatable bonds is 6. The van der Waals surface area contributed by atoms with Gasteiger partial charge in [-0.25, -0.2) is 17.9 Å². The van der Waals surface area contributed by atoms with Gasteiger partial charge in [-0.15, -0.1) is 0 Å². The minimum Gasteiger partial charge on any atom is -0.497 e. The van der Waals surface area contributed by atoms with Gasteiger partial charge in [-0.3, -0.25) is 4.90 Å². The van der Waals surface area contributed by atoms with Crippen molar-refractivity contribution in [1.29, 1.82) is 0 Å². The van der Waals surface area contributed by atoms with E-state index in [1.807, 2.05) is 17.0 Å². The molecule has 0 unspecified atom stereocenters. The first-order valence-corrected chi connectivity index (χ1v) is 14.1. The van der Waals surface area contributed by atoms with Gasteiger partial charge in [0.2, 0.25) is 10.0 Å². The highest BCUT2D eigenvalue weighted by Gasteiger charge is 2.46. The Morgan fingerprint density at radius 2 is 1.76 bits per heavy atom. The molecule has 0 atom stereocenters. The summed E-state index contributed by atoms with van der Waals surface area (Å²) in [4.78, 5) is 15.4. The average Bonchev–Trinajstić information content (AvgIpc) is 3.52. The quantitative estimate of drug-likeness (QED) is 0.473. The zero-order valence-corrected chi connectivity index (χ0v) is 22.3. The Kier molecular flexibility index (Phi) is 6.72. The van der Waals surface area contributed by atoms with Crippen LogP contribution in [-0.2, 0) is 22.0 Å². The summed E-state index contributed by atoms with van der Waals surface area (Å²) in [6.45, 7) is 3.09. The Morgan fingerprint density at radius 3 is 2.41 bits per heavy atom. The lowest BCUT2D eigenvalue weighted by Crippen LogP contribution is -2.41. The summed E-state index contributed by atoms with van der Waals surface area (Å²) in [6, 6.07) is 19.0. The number of ether oxygens (including phenoxy) is 1. The van der Waals surface area contributed by atoms with E-state index in [1.54, 1.807) is 31.4 Å². The lowest BCUT2D eigenvalue weighted by atomic mass is 9.79. The third-order valence-electron chi connectivity index (χ3n) is 7.82. The van der Waals surface area contributed by atoms with Crippen LogP contribution in [0.25, 0.3) is 11.1 Å². The highest BCUT2D eigenvalue weighted by Crippen LogP contribution is 2.51. The number of fused-ring (bicyclic) bond motifs is 2. The molecule has 0 radical (unpaired) electrons. The van der Waals surface area contributed by atoms with Gasteiger partial charge in [0, 0.05) is 24.2 Å². The number of nitrogens with zero attached hydrogens (tertiary/aromatic N) is 1. The van der Waals surface area contributed by atoms with Crippen LogP contribution in [0.3, 0.4) is 0 Å². The van der Waals surface area contributed by atoms with Crippen molar-refractivity contribution in [2.24, 2.45) is 0 Å². The number of aryl methyl sites for hydroxylation is 1. The second-order valence-corrected chi connectivity index (χ2v) is 11.9. The number of hydrogen-bond acceptors (Lipinski definition) is 4. The normalized spacial score (nSPS) is 16.1. The molecular formula is C29H33N3O4S. The van der Waals surface area contributed by atoms with Crippen LogP contribution >= 0.6 is 0 Å². The van der Waals surface area contributed by atoms with Gasteiger partial charge >= 0.3 is 6.03 Å². The molecule has 2 amide bonds. The summed E-state index contributed by atoms with van der Waals surface area (Å²) in [5.41, 5.74) is 6.54. The monoisotopic (exact) mass is 519 g/mol. The van der Waals surface area contributed by atoms with Crippen LogP contribution in [-0.4, -0.2) is 35.2 Å². The second-order valence-electron chi connectivity index (χ2n) is 10.00. The number of methoxy groups -OCH3 is 1. The standard InChI is InChI=1S/C29H33N3O4S/c1-20-16-23(36-3)9-12-25(20)22-8-13-27-26(17-22)29(14-4-5-15-29)19-32(27)28(33)31-18-21-6-10-24(11-7-21)37(34,35)30-2/h6-13,16-17,30H,4-5,14-15,18-19H2,1-3H3,(H,31,33). The van der Waals surface area contributed by atoms with E-state index in [2.05, 4.69) is 41.2 Å². The minimum atomic E-state index is -3.49. The highest BCUT2D eigenvalue weighted by atomic mass is 32.2. The molecular weight excluding hydrogens is 486 g/mol. The summed E-state index contributed by atoms with van der Waals surface area (Å²) in [5, 5.41) is 3.04. The molecule has 1 spiro atoms. The molecule has 3 aromatic carbocycles. The molecule has 1 aliphatic carbocycles. The minimum absolute atomic E-state index is 0.00772. The van der Waals surface area contributed by atoms with Crippen molar-refractivity contribution in [3.63, 3.8) is 0 Å².